The minimum absolute atomic E-state index is 0.171. The Morgan fingerprint density at radius 1 is 1.67 bits per heavy atom. The fourth-order valence-electron chi connectivity index (χ4n) is 0.192. The highest BCUT2D eigenvalue weighted by Gasteiger charge is 2.14. The van der Waals surface area contributed by atoms with Gasteiger partial charge in [0.1, 0.15) is 0 Å². The Balaban J connectivity index is 4.32. The van der Waals surface area contributed by atoms with Crippen LogP contribution in [0.2, 0.25) is 0 Å². The van der Waals surface area contributed by atoms with Crippen molar-refractivity contribution >= 4 is 16.7 Å². The molecule has 0 aliphatic carbocycles. The zero-order valence-electron chi connectivity index (χ0n) is 4.51. The maximum Gasteiger partial charge on any atom is 0.385 e. The Morgan fingerprint density at radius 3 is 2.11 bits per heavy atom. The van der Waals surface area contributed by atoms with E-state index in [2.05, 4.69) is 4.84 Å². The maximum atomic E-state index is 9.92. The molecule has 0 aromatic rings. The van der Waals surface area contributed by atoms with Gasteiger partial charge in [-0.05, 0) is 0 Å². The molecule has 0 fully saturated rings. The van der Waals surface area contributed by atoms with Crippen molar-refractivity contribution in [3.8, 4) is 0 Å². The molecular formula is C2H5NO5S. The maximum absolute atomic E-state index is 9.92. The summed E-state index contributed by atoms with van der Waals surface area (Å²) in [5.74, 6) is 0. The van der Waals surface area contributed by atoms with E-state index in [1.54, 1.807) is 0 Å². The first kappa shape index (κ1) is 8.34. The van der Waals surface area contributed by atoms with Gasteiger partial charge in [-0.2, -0.15) is 8.42 Å². The third-order valence-corrected chi connectivity index (χ3v) is 1.18. The molecule has 0 atom stereocenters. The molecule has 0 spiro atoms. The molecule has 0 aromatic heterocycles. The first-order chi connectivity index (χ1) is 4.02. The lowest BCUT2D eigenvalue weighted by Crippen LogP contribution is -2.27. The van der Waals surface area contributed by atoms with Crippen LogP contribution in [0.15, 0.2) is 0 Å². The van der Waals surface area contributed by atoms with Gasteiger partial charge in [0, 0.05) is 0 Å². The van der Waals surface area contributed by atoms with Crippen LogP contribution in [0.1, 0.15) is 0 Å². The standard InChI is InChI=1S/C2H5NO5S/c1-8-3(2-4)9(5,6)7/h2H,1H3,(H,5,6,7). The van der Waals surface area contributed by atoms with Crippen LogP contribution < -0.4 is 0 Å². The van der Waals surface area contributed by atoms with Crippen molar-refractivity contribution in [1.29, 1.82) is 0 Å². The smallest absolute Gasteiger partial charge is 0.275 e. The van der Waals surface area contributed by atoms with Crippen molar-refractivity contribution < 1.29 is 22.6 Å². The third-order valence-electron chi connectivity index (χ3n) is 0.493. The topological polar surface area (TPSA) is 83.9 Å². The summed E-state index contributed by atoms with van der Waals surface area (Å²) in [5.41, 5.74) is 0. The van der Waals surface area contributed by atoms with Crippen molar-refractivity contribution in [2.24, 2.45) is 0 Å². The Hall–Kier alpha value is -0.660. The van der Waals surface area contributed by atoms with Crippen LogP contribution in [0.3, 0.4) is 0 Å². The van der Waals surface area contributed by atoms with E-state index >= 15 is 0 Å². The number of hydrogen-bond donors (Lipinski definition) is 1. The second-order valence-corrected chi connectivity index (χ2v) is 2.28. The summed E-state index contributed by atoms with van der Waals surface area (Å²) in [7, 11) is -3.59. The first-order valence-electron chi connectivity index (χ1n) is 1.78. The molecule has 1 amide bonds. The summed E-state index contributed by atoms with van der Waals surface area (Å²) in [6, 6.07) is 0. The molecule has 0 aliphatic rings. The molecule has 0 saturated heterocycles. The lowest BCUT2D eigenvalue weighted by Gasteiger charge is -2.06. The summed E-state index contributed by atoms with van der Waals surface area (Å²) in [6.07, 6.45) is -0.171. The number of carbonyl (C=O) groups is 1. The second-order valence-electron chi connectivity index (χ2n) is 1.02. The SMILES string of the molecule is CON(C=O)S(=O)(=O)O. The number of carbonyl (C=O) groups excluding carboxylic acids is 1. The number of rotatable bonds is 3. The van der Waals surface area contributed by atoms with Crippen LogP contribution in [0.25, 0.3) is 0 Å². The van der Waals surface area contributed by atoms with Gasteiger partial charge in [-0.3, -0.25) is 14.2 Å². The van der Waals surface area contributed by atoms with Gasteiger partial charge in [0.05, 0.1) is 7.11 Å². The van der Waals surface area contributed by atoms with Gasteiger partial charge >= 0.3 is 10.3 Å². The third kappa shape index (κ3) is 2.40. The predicted molar refractivity (Wildman–Crippen MR) is 26.5 cm³/mol. The largest absolute Gasteiger partial charge is 0.385 e. The van der Waals surface area contributed by atoms with Gasteiger partial charge in [-0.25, -0.2) is 0 Å². The van der Waals surface area contributed by atoms with E-state index in [1.165, 1.54) is 0 Å². The summed E-state index contributed by atoms with van der Waals surface area (Å²) in [5, 5.41) is 0. The molecule has 0 bridgehead atoms. The molecule has 0 rings (SSSR count). The van der Waals surface area contributed by atoms with Gasteiger partial charge < -0.3 is 0 Å². The fraction of sp³-hybridized carbons (Fsp3) is 0.500. The van der Waals surface area contributed by atoms with Crippen LogP contribution in [-0.4, -0.2) is 31.0 Å². The normalized spacial score (nSPS) is 10.9. The average Bonchev–Trinajstić information content (AvgIpc) is 1.65. The summed E-state index contributed by atoms with van der Waals surface area (Å²) in [6.45, 7) is 0. The highest BCUT2D eigenvalue weighted by molar-refractivity contribution is 7.83. The molecule has 0 aliphatic heterocycles. The first-order valence-corrected chi connectivity index (χ1v) is 3.18. The molecule has 0 heterocycles. The van der Waals surface area contributed by atoms with Gasteiger partial charge in [0.2, 0.25) is 0 Å². The van der Waals surface area contributed by atoms with Crippen molar-refractivity contribution in [2.75, 3.05) is 7.11 Å². The average molecular weight is 155 g/mol. The number of nitrogens with zero attached hydrogens (tertiary/aromatic N) is 1. The second kappa shape index (κ2) is 2.76. The summed E-state index contributed by atoms with van der Waals surface area (Å²) >= 11 is 0. The molecule has 9 heavy (non-hydrogen) atoms. The van der Waals surface area contributed by atoms with E-state index in [1.807, 2.05) is 0 Å². The molecule has 54 valence electrons. The molecule has 7 heteroatoms. The minimum atomic E-state index is -4.52. The molecule has 0 unspecified atom stereocenters. The molecule has 0 radical (unpaired) electrons. The van der Waals surface area contributed by atoms with Crippen LogP contribution in [0.4, 0.5) is 0 Å². The highest BCUT2D eigenvalue weighted by Crippen LogP contribution is 1.89. The lowest BCUT2D eigenvalue weighted by molar-refractivity contribution is -0.138. The van der Waals surface area contributed by atoms with E-state index in [4.69, 9.17) is 4.55 Å². The van der Waals surface area contributed by atoms with Gasteiger partial charge in [0.15, 0.2) is 0 Å². The van der Waals surface area contributed by atoms with Crippen molar-refractivity contribution in [3.63, 3.8) is 0 Å². The van der Waals surface area contributed by atoms with Crippen molar-refractivity contribution in [2.45, 2.75) is 0 Å². The molecule has 0 aromatic carbocycles. The van der Waals surface area contributed by atoms with E-state index in [9.17, 15) is 13.2 Å². The van der Waals surface area contributed by atoms with Crippen LogP contribution in [-0.2, 0) is 19.9 Å². The zero-order chi connectivity index (χ0) is 7.49. The van der Waals surface area contributed by atoms with Crippen LogP contribution in [0, 0.1) is 0 Å². The van der Waals surface area contributed by atoms with Crippen LogP contribution in [0.5, 0.6) is 0 Å². The van der Waals surface area contributed by atoms with E-state index in [-0.39, 0.29) is 10.9 Å². The van der Waals surface area contributed by atoms with E-state index in [0.717, 1.165) is 7.11 Å². The molecule has 0 saturated carbocycles. The number of amides is 1. The quantitative estimate of drug-likeness (QED) is 0.314. The molecule has 1 N–H and O–H groups in total. The Kier molecular flexibility index (Phi) is 2.56. The predicted octanol–water partition coefficient (Wildman–Crippen LogP) is -1.19. The van der Waals surface area contributed by atoms with Gasteiger partial charge in [0.25, 0.3) is 6.41 Å². The molecule has 6 nitrogen and oxygen atoms in total. The summed E-state index contributed by atoms with van der Waals surface area (Å²) < 4.78 is 27.6. The van der Waals surface area contributed by atoms with Crippen LogP contribution >= 0.6 is 0 Å². The Morgan fingerprint density at radius 2 is 2.11 bits per heavy atom. The van der Waals surface area contributed by atoms with Crippen molar-refractivity contribution in [3.05, 3.63) is 0 Å². The Bertz CT molecular complexity index is 183. The zero-order valence-corrected chi connectivity index (χ0v) is 5.33. The fourth-order valence-corrected chi connectivity index (χ4v) is 0.489. The van der Waals surface area contributed by atoms with Gasteiger partial charge in [-0.15, -0.1) is 0 Å². The number of hydrogen-bond acceptors (Lipinski definition) is 4. The van der Waals surface area contributed by atoms with Gasteiger partial charge in [-0.1, -0.05) is 4.47 Å². The van der Waals surface area contributed by atoms with E-state index < -0.39 is 10.3 Å². The van der Waals surface area contributed by atoms with Crippen molar-refractivity contribution in [1.82, 2.24) is 4.47 Å². The number of hydroxylamine groups is 1. The molecular weight excluding hydrogens is 150 g/mol. The van der Waals surface area contributed by atoms with E-state index in [0.29, 0.717) is 0 Å². The monoisotopic (exact) mass is 155 g/mol. The highest BCUT2D eigenvalue weighted by atomic mass is 32.2. The minimum Gasteiger partial charge on any atom is -0.275 e. The lowest BCUT2D eigenvalue weighted by atomic mass is 11.4. The summed E-state index contributed by atoms with van der Waals surface area (Å²) in [4.78, 5) is 13.5. The Labute approximate surface area is 51.9 Å².